The molecule has 0 heterocycles. The molecule has 10 heteroatoms. The maximum absolute atomic E-state index is 11.8. The van der Waals surface area contributed by atoms with E-state index < -0.39 is 0 Å². The quantitative estimate of drug-likeness (QED) is 0.414. The molecule has 2 amide bonds. The molecular formula is C19H16Cl4N4O2. The predicted molar refractivity (Wildman–Crippen MR) is 118 cm³/mol. The molecule has 152 valence electrons. The lowest BCUT2D eigenvalue weighted by atomic mass is 10.2. The van der Waals surface area contributed by atoms with Crippen LogP contribution in [0.2, 0.25) is 20.1 Å². The van der Waals surface area contributed by atoms with Crippen molar-refractivity contribution in [3.8, 4) is 0 Å². The normalized spacial score (nSPS) is 11.2. The van der Waals surface area contributed by atoms with Crippen LogP contribution in [0.5, 0.6) is 0 Å². The summed E-state index contributed by atoms with van der Waals surface area (Å²) in [7, 11) is 0. The molecule has 0 aliphatic heterocycles. The van der Waals surface area contributed by atoms with Crippen LogP contribution in [-0.4, -0.2) is 24.2 Å². The van der Waals surface area contributed by atoms with Crippen LogP contribution in [0.4, 0.5) is 0 Å². The first-order valence-electron chi connectivity index (χ1n) is 8.39. The average molecular weight is 474 g/mol. The summed E-state index contributed by atoms with van der Waals surface area (Å²) in [6.07, 6.45) is 3.43. The molecule has 2 N–H and O–H groups in total. The van der Waals surface area contributed by atoms with Crippen LogP contribution < -0.4 is 10.9 Å². The fourth-order valence-electron chi connectivity index (χ4n) is 2.08. The second-order valence-corrected chi connectivity index (χ2v) is 7.46. The third kappa shape index (κ3) is 8.41. The second kappa shape index (κ2) is 11.8. The van der Waals surface area contributed by atoms with Gasteiger partial charge in [0.15, 0.2) is 0 Å². The molecule has 0 saturated carbocycles. The maximum Gasteiger partial charge on any atom is 0.240 e. The molecule has 2 aromatic rings. The number of nitrogens with zero attached hydrogens (tertiary/aromatic N) is 2. The van der Waals surface area contributed by atoms with Gasteiger partial charge in [-0.3, -0.25) is 9.59 Å². The minimum atomic E-state index is -0.324. The van der Waals surface area contributed by atoms with E-state index in [0.29, 0.717) is 37.6 Å². The van der Waals surface area contributed by atoms with Crippen molar-refractivity contribution in [1.82, 2.24) is 10.9 Å². The van der Waals surface area contributed by atoms with E-state index in [1.54, 1.807) is 36.4 Å². The van der Waals surface area contributed by atoms with Gasteiger partial charge in [-0.05, 0) is 30.7 Å². The molecule has 0 aromatic heterocycles. The van der Waals surface area contributed by atoms with Crippen LogP contribution in [0.15, 0.2) is 46.6 Å². The Labute approximate surface area is 187 Å². The summed E-state index contributed by atoms with van der Waals surface area (Å²) in [5.74, 6) is -0.647. The predicted octanol–water partition coefficient (Wildman–Crippen LogP) is 5.07. The number of hydrazone groups is 2. The minimum absolute atomic E-state index is 0.131. The molecule has 0 bridgehead atoms. The number of amides is 2. The Hall–Kier alpha value is -2.12. The Balaban J connectivity index is 1.68. The van der Waals surface area contributed by atoms with Gasteiger partial charge in [-0.2, -0.15) is 10.2 Å². The molecule has 0 radical (unpaired) electrons. The number of hydrogen-bond acceptors (Lipinski definition) is 4. The van der Waals surface area contributed by atoms with E-state index in [0.717, 1.165) is 0 Å². The van der Waals surface area contributed by atoms with Crippen molar-refractivity contribution in [1.29, 1.82) is 0 Å². The summed E-state index contributed by atoms with van der Waals surface area (Å²) >= 11 is 23.6. The van der Waals surface area contributed by atoms with Gasteiger partial charge in [-0.1, -0.05) is 58.5 Å². The SMILES string of the molecule is O=C(CCCC(=O)N/N=C/c1ccc(Cl)cc1Cl)N/N=C\c1ccc(Cl)cc1Cl. The lowest BCUT2D eigenvalue weighted by Gasteiger charge is -2.02. The Bertz CT molecular complexity index is 872. The van der Waals surface area contributed by atoms with Gasteiger partial charge in [0.25, 0.3) is 0 Å². The van der Waals surface area contributed by atoms with Crippen LogP contribution in [-0.2, 0) is 9.59 Å². The highest BCUT2D eigenvalue weighted by atomic mass is 35.5. The highest BCUT2D eigenvalue weighted by Gasteiger charge is 2.05. The van der Waals surface area contributed by atoms with Gasteiger partial charge in [0.1, 0.15) is 0 Å². The Morgan fingerprint density at radius 2 is 1.17 bits per heavy atom. The van der Waals surface area contributed by atoms with Crippen molar-refractivity contribution in [3.05, 3.63) is 67.6 Å². The fourth-order valence-corrected chi connectivity index (χ4v) is 3.00. The second-order valence-electron chi connectivity index (χ2n) is 5.77. The van der Waals surface area contributed by atoms with E-state index in [2.05, 4.69) is 21.1 Å². The molecule has 29 heavy (non-hydrogen) atoms. The molecule has 2 aromatic carbocycles. The summed E-state index contributed by atoms with van der Waals surface area (Å²) in [5.41, 5.74) is 5.99. The molecule has 0 aliphatic carbocycles. The van der Waals surface area contributed by atoms with Crippen molar-refractivity contribution in [2.45, 2.75) is 19.3 Å². The van der Waals surface area contributed by atoms with E-state index in [1.165, 1.54) is 12.4 Å². The molecule has 0 atom stereocenters. The molecule has 6 nitrogen and oxygen atoms in total. The Kier molecular flexibility index (Phi) is 9.41. The van der Waals surface area contributed by atoms with Crippen molar-refractivity contribution < 1.29 is 9.59 Å². The van der Waals surface area contributed by atoms with Crippen LogP contribution in [0.1, 0.15) is 30.4 Å². The average Bonchev–Trinajstić information content (AvgIpc) is 2.65. The van der Waals surface area contributed by atoms with Crippen LogP contribution >= 0.6 is 46.4 Å². The zero-order valence-electron chi connectivity index (χ0n) is 15.0. The highest BCUT2D eigenvalue weighted by Crippen LogP contribution is 2.20. The third-order valence-electron chi connectivity index (χ3n) is 3.52. The standard InChI is InChI=1S/C19H16Cl4N4O2/c20-14-6-4-12(16(22)8-14)10-24-26-18(28)2-1-3-19(29)27-25-11-13-5-7-15(21)9-17(13)23/h4-11H,1-3H2,(H,26,28)(H,27,29)/b24-10-,25-11+. The molecule has 0 unspecified atom stereocenters. The van der Waals surface area contributed by atoms with E-state index >= 15 is 0 Å². The van der Waals surface area contributed by atoms with Crippen LogP contribution in [0.25, 0.3) is 0 Å². The van der Waals surface area contributed by atoms with Gasteiger partial charge < -0.3 is 0 Å². The summed E-state index contributed by atoms with van der Waals surface area (Å²) in [4.78, 5) is 23.5. The molecule has 0 saturated heterocycles. The van der Waals surface area contributed by atoms with E-state index in [-0.39, 0.29) is 24.7 Å². The smallest absolute Gasteiger partial charge is 0.240 e. The zero-order valence-corrected chi connectivity index (χ0v) is 18.0. The molecule has 0 aliphatic rings. The van der Waals surface area contributed by atoms with Gasteiger partial charge >= 0.3 is 0 Å². The molecular weight excluding hydrogens is 458 g/mol. The van der Waals surface area contributed by atoms with Gasteiger partial charge in [0.05, 0.1) is 22.5 Å². The maximum atomic E-state index is 11.8. The van der Waals surface area contributed by atoms with E-state index in [1.807, 2.05) is 0 Å². The van der Waals surface area contributed by atoms with E-state index in [4.69, 9.17) is 46.4 Å². The highest BCUT2D eigenvalue weighted by molar-refractivity contribution is 6.36. The number of nitrogens with one attached hydrogen (secondary N) is 2. The number of benzene rings is 2. The Morgan fingerprint density at radius 1 is 0.759 bits per heavy atom. The molecule has 0 spiro atoms. The van der Waals surface area contributed by atoms with Crippen LogP contribution in [0.3, 0.4) is 0 Å². The summed E-state index contributed by atoms with van der Waals surface area (Å²) in [5, 5.41) is 9.52. The van der Waals surface area contributed by atoms with Gasteiger partial charge in [0.2, 0.25) is 11.8 Å². The first kappa shape index (κ1) is 23.2. The van der Waals surface area contributed by atoms with Crippen molar-refractivity contribution in [3.63, 3.8) is 0 Å². The van der Waals surface area contributed by atoms with Crippen LogP contribution in [0, 0.1) is 0 Å². The van der Waals surface area contributed by atoms with Crippen molar-refractivity contribution in [2.24, 2.45) is 10.2 Å². The number of rotatable bonds is 8. The fraction of sp³-hybridized carbons (Fsp3) is 0.158. The topological polar surface area (TPSA) is 82.9 Å². The number of halogens is 4. The first-order valence-corrected chi connectivity index (χ1v) is 9.90. The molecule has 2 rings (SSSR count). The lowest BCUT2D eigenvalue weighted by Crippen LogP contribution is -2.20. The summed E-state index contributed by atoms with van der Waals surface area (Å²) < 4.78 is 0. The zero-order chi connectivity index (χ0) is 21.2. The van der Waals surface area contributed by atoms with Gasteiger partial charge in [0, 0.05) is 34.0 Å². The van der Waals surface area contributed by atoms with E-state index in [9.17, 15) is 9.59 Å². The monoisotopic (exact) mass is 472 g/mol. The third-order valence-corrected chi connectivity index (χ3v) is 4.64. The minimum Gasteiger partial charge on any atom is -0.273 e. The summed E-state index contributed by atoms with van der Waals surface area (Å²) in [6.45, 7) is 0. The number of carbonyl (C=O) groups excluding carboxylic acids is 2. The summed E-state index contributed by atoms with van der Waals surface area (Å²) in [6, 6.07) is 9.85. The Morgan fingerprint density at radius 3 is 1.55 bits per heavy atom. The largest absolute Gasteiger partial charge is 0.273 e. The number of hydrogen-bond donors (Lipinski definition) is 2. The molecule has 0 fully saturated rings. The lowest BCUT2D eigenvalue weighted by molar-refractivity contribution is -0.122. The van der Waals surface area contributed by atoms with Crippen molar-refractivity contribution >= 4 is 70.6 Å². The first-order chi connectivity index (χ1) is 13.8. The van der Waals surface area contributed by atoms with Gasteiger partial charge in [-0.15, -0.1) is 0 Å². The van der Waals surface area contributed by atoms with Crippen molar-refractivity contribution in [2.75, 3.05) is 0 Å². The van der Waals surface area contributed by atoms with Gasteiger partial charge in [-0.25, -0.2) is 10.9 Å². The number of carbonyl (C=O) groups is 2.